The van der Waals surface area contributed by atoms with Crippen LogP contribution in [0.4, 0.5) is 13.2 Å². The molecule has 0 spiro atoms. The predicted molar refractivity (Wildman–Crippen MR) is 50.0 cm³/mol. The molecule has 0 aliphatic heterocycles. The van der Waals surface area contributed by atoms with E-state index in [0.29, 0.717) is 0 Å². The monoisotopic (exact) mass is 254 g/mol. The minimum absolute atomic E-state index is 0.0709. The zero-order chi connectivity index (χ0) is 12.3. The maximum Gasteiger partial charge on any atom is 0.272 e. The summed E-state index contributed by atoms with van der Waals surface area (Å²) in [6, 6.07) is 0.803. The van der Waals surface area contributed by atoms with Crippen LogP contribution in [0.1, 0.15) is 10.4 Å². The van der Waals surface area contributed by atoms with E-state index in [9.17, 15) is 18.0 Å². The SMILES string of the molecule is O=Cc1c(OCC(F)F)cc(O)c(Cl)c1F. The van der Waals surface area contributed by atoms with Crippen molar-refractivity contribution in [3.05, 3.63) is 22.5 Å². The molecule has 16 heavy (non-hydrogen) atoms. The minimum atomic E-state index is -2.78. The number of ether oxygens (including phenoxy) is 1. The van der Waals surface area contributed by atoms with Crippen molar-refractivity contribution in [2.45, 2.75) is 6.43 Å². The minimum Gasteiger partial charge on any atom is -0.506 e. The van der Waals surface area contributed by atoms with Gasteiger partial charge in [0.2, 0.25) is 0 Å². The first kappa shape index (κ1) is 12.6. The molecule has 1 aromatic carbocycles. The molecule has 0 unspecified atom stereocenters. The van der Waals surface area contributed by atoms with Gasteiger partial charge in [0.25, 0.3) is 6.43 Å². The van der Waals surface area contributed by atoms with Crippen LogP contribution < -0.4 is 4.74 Å². The molecule has 0 radical (unpaired) electrons. The Morgan fingerprint density at radius 3 is 2.69 bits per heavy atom. The van der Waals surface area contributed by atoms with Crippen LogP contribution in [-0.2, 0) is 0 Å². The second-order valence-corrected chi connectivity index (χ2v) is 3.13. The molecular weight excluding hydrogens is 249 g/mol. The molecule has 0 saturated heterocycles. The topological polar surface area (TPSA) is 46.5 Å². The number of carbonyl (C=O) groups excluding carboxylic acids is 1. The van der Waals surface area contributed by atoms with Gasteiger partial charge in [-0.2, -0.15) is 0 Å². The van der Waals surface area contributed by atoms with Crippen LogP contribution in [0.5, 0.6) is 11.5 Å². The third kappa shape index (κ3) is 2.57. The summed E-state index contributed by atoms with van der Waals surface area (Å²) in [5.74, 6) is -2.37. The number of hydrogen-bond donors (Lipinski definition) is 1. The van der Waals surface area contributed by atoms with E-state index in [1.165, 1.54) is 0 Å². The Hall–Kier alpha value is -1.43. The summed E-state index contributed by atoms with van der Waals surface area (Å²) in [6.07, 6.45) is -2.71. The Labute approximate surface area is 93.4 Å². The number of rotatable bonds is 4. The van der Waals surface area contributed by atoms with Gasteiger partial charge in [-0.3, -0.25) is 4.79 Å². The van der Waals surface area contributed by atoms with Crippen LogP contribution in [0.2, 0.25) is 5.02 Å². The zero-order valence-corrected chi connectivity index (χ0v) is 8.47. The predicted octanol–water partition coefficient (Wildman–Crippen LogP) is 2.64. The lowest BCUT2D eigenvalue weighted by molar-refractivity contribution is 0.0805. The Balaban J connectivity index is 3.12. The van der Waals surface area contributed by atoms with E-state index >= 15 is 0 Å². The van der Waals surface area contributed by atoms with Gasteiger partial charge in [0.1, 0.15) is 23.1 Å². The number of phenols is 1. The third-order valence-electron chi connectivity index (χ3n) is 1.67. The molecular formula is C9H6ClF3O3. The van der Waals surface area contributed by atoms with E-state index in [1.54, 1.807) is 0 Å². The molecule has 3 nitrogen and oxygen atoms in total. The average molecular weight is 255 g/mol. The van der Waals surface area contributed by atoms with Crippen molar-refractivity contribution in [3.8, 4) is 11.5 Å². The number of halogens is 4. The summed E-state index contributed by atoms with van der Waals surface area (Å²) >= 11 is 5.31. The van der Waals surface area contributed by atoms with E-state index in [-0.39, 0.29) is 6.29 Å². The highest BCUT2D eigenvalue weighted by molar-refractivity contribution is 6.32. The lowest BCUT2D eigenvalue weighted by Gasteiger charge is -2.10. The Kier molecular flexibility index (Phi) is 4.00. The number of carbonyl (C=O) groups is 1. The van der Waals surface area contributed by atoms with E-state index in [1.807, 2.05) is 0 Å². The Morgan fingerprint density at radius 1 is 1.56 bits per heavy atom. The second-order valence-electron chi connectivity index (χ2n) is 2.76. The molecule has 0 atom stereocenters. The molecule has 0 fully saturated rings. The maximum absolute atomic E-state index is 13.3. The molecule has 0 bridgehead atoms. The number of aldehydes is 1. The van der Waals surface area contributed by atoms with Gasteiger partial charge in [-0.25, -0.2) is 13.2 Å². The average Bonchev–Trinajstić information content (AvgIpc) is 2.23. The molecule has 1 N–H and O–H groups in total. The summed E-state index contributed by atoms with van der Waals surface area (Å²) in [7, 11) is 0. The van der Waals surface area contributed by atoms with E-state index in [4.69, 9.17) is 16.7 Å². The van der Waals surface area contributed by atoms with Gasteiger partial charge in [0.05, 0.1) is 5.56 Å². The summed E-state index contributed by atoms with van der Waals surface area (Å²) in [5, 5.41) is 8.45. The lowest BCUT2D eigenvalue weighted by atomic mass is 10.2. The maximum atomic E-state index is 13.3. The van der Waals surface area contributed by atoms with Gasteiger partial charge >= 0.3 is 0 Å². The first-order valence-corrected chi connectivity index (χ1v) is 4.42. The van der Waals surface area contributed by atoms with E-state index in [0.717, 1.165) is 6.07 Å². The highest BCUT2D eigenvalue weighted by Crippen LogP contribution is 2.34. The molecule has 1 aromatic rings. The smallest absolute Gasteiger partial charge is 0.272 e. The van der Waals surface area contributed by atoms with Crippen LogP contribution in [-0.4, -0.2) is 24.4 Å². The highest BCUT2D eigenvalue weighted by atomic mass is 35.5. The van der Waals surface area contributed by atoms with Crippen molar-refractivity contribution in [2.75, 3.05) is 6.61 Å². The van der Waals surface area contributed by atoms with Crippen molar-refractivity contribution in [1.82, 2.24) is 0 Å². The first-order valence-electron chi connectivity index (χ1n) is 4.04. The largest absolute Gasteiger partial charge is 0.506 e. The third-order valence-corrected chi connectivity index (χ3v) is 2.03. The molecule has 0 heterocycles. The number of hydrogen-bond acceptors (Lipinski definition) is 3. The normalized spacial score (nSPS) is 10.6. The molecule has 0 aliphatic carbocycles. The van der Waals surface area contributed by atoms with Crippen LogP contribution in [0.25, 0.3) is 0 Å². The van der Waals surface area contributed by atoms with Crippen LogP contribution in [0.3, 0.4) is 0 Å². The van der Waals surface area contributed by atoms with E-state index in [2.05, 4.69) is 4.74 Å². The summed E-state index contributed by atoms with van der Waals surface area (Å²) in [5.41, 5.74) is -0.608. The van der Waals surface area contributed by atoms with Gasteiger partial charge in [-0.05, 0) is 0 Å². The number of alkyl halides is 2. The molecule has 7 heteroatoms. The van der Waals surface area contributed by atoms with Crippen molar-refractivity contribution < 1.29 is 27.8 Å². The number of benzene rings is 1. The fourth-order valence-corrected chi connectivity index (χ4v) is 1.14. The summed E-state index contributed by atoms with van der Waals surface area (Å²) in [4.78, 5) is 10.5. The van der Waals surface area contributed by atoms with Gasteiger partial charge in [-0.15, -0.1) is 0 Å². The molecule has 0 saturated carbocycles. The zero-order valence-electron chi connectivity index (χ0n) is 7.71. The molecule has 0 aromatic heterocycles. The fraction of sp³-hybridized carbons (Fsp3) is 0.222. The lowest BCUT2D eigenvalue weighted by Crippen LogP contribution is -2.09. The van der Waals surface area contributed by atoms with Gasteiger partial charge in [0.15, 0.2) is 12.1 Å². The van der Waals surface area contributed by atoms with Crippen molar-refractivity contribution in [2.24, 2.45) is 0 Å². The first-order chi connectivity index (χ1) is 7.47. The Bertz CT molecular complexity index is 409. The standard InChI is InChI=1S/C9H6ClF3O3/c10-8-5(15)1-6(16-3-7(11)12)4(2-14)9(8)13/h1-2,7,15H,3H2. The van der Waals surface area contributed by atoms with Crippen molar-refractivity contribution in [3.63, 3.8) is 0 Å². The highest BCUT2D eigenvalue weighted by Gasteiger charge is 2.18. The number of phenolic OH excluding ortho intramolecular Hbond substituents is 1. The Morgan fingerprint density at radius 2 is 2.19 bits per heavy atom. The van der Waals surface area contributed by atoms with E-state index < -0.39 is 40.9 Å². The van der Waals surface area contributed by atoms with Gasteiger partial charge in [-0.1, -0.05) is 11.6 Å². The summed E-state index contributed by atoms with van der Waals surface area (Å²) < 4.78 is 41.4. The van der Waals surface area contributed by atoms with Crippen LogP contribution in [0, 0.1) is 5.82 Å². The van der Waals surface area contributed by atoms with Crippen LogP contribution >= 0.6 is 11.6 Å². The molecule has 88 valence electrons. The van der Waals surface area contributed by atoms with Gasteiger partial charge < -0.3 is 9.84 Å². The molecule has 0 aliphatic rings. The van der Waals surface area contributed by atoms with Crippen molar-refractivity contribution in [1.29, 1.82) is 0 Å². The summed E-state index contributed by atoms with van der Waals surface area (Å²) in [6.45, 7) is -1.01. The molecule has 0 amide bonds. The second kappa shape index (κ2) is 5.07. The quantitative estimate of drug-likeness (QED) is 0.840. The molecule has 1 rings (SSSR count). The van der Waals surface area contributed by atoms with Crippen LogP contribution in [0.15, 0.2) is 6.07 Å². The number of aromatic hydroxyl groups is 1. The van der Waals surface area contributed by atoms with Gasteiger partial charge in [0, 0.05) is 6.07 Å². The van der Waals surface area contributed by atoms with Crippen molar-refractivity contribution >= 4 is 17.9 Å². The fourth-order valence-electron chi connectivity index (χ4n) is 0.986.